The van der Waals surface area contributed by atoms with Crippen LogP contribution in [0.2, 0.25) is 0 Å². The smallest absolute Gasteiger partial charge is 0.248 e. The Morgan fingerprint density at radius 2 is 2.21 bits per heavy atom. The fraction of sp³-hybridized carbons (Fsp3) is 0.200. The van der Waals surface area contributed by atoms with Crippen LogP contribution in [0.25, 0.3) is 11.3 Å². The van der Waals surface area contributed by atoms with Gasteiger partial charge in [0, 0.05) is 25.4 Å². The molecule has 1 heterocycles. The highest BCUT2D eigenvalue weighted by Crippen LogP contribution is 2.29. The first-order valence-electron chi connectivity index (χ1n) is 6.94. The number of ether oxygens (including phenoxy) is 1. The molecule has 1 aromatic heterocycles. The highest BCUT2D eigenvalue weighted by molar-refractivity contribution is 5.91. The van der Waals surface area contributed by atoms with Gasteiger partial charge >= 0.3 is 0 Å². The van der Waals surface area contributed by atoms with E-state index in [9.17, 15) is 9.18 Å². The lowest BCUT2D eigenvalue weighted by Crippen LogP contribution is -2.37. The topological polar surface area (TPSA) is 91.7 Å². The minimum Gasteiger partial charge on any atom is -0.496 e. The van der Waals surface area contributed by atoms with E-state index in [4.69, 9.17) is 4.74 Å². The summed E-state index contributed by atoms with van der Waals surface area (Å²) in [5.74, 6) is -0.0367. The van der Waals surface area contributed by atoms with Gasteiger partial charge in [0.05, 0.1) is 12.8 Å². The van der Waals surface area contributed by atoms with Crippen LogP contribution >= 0.6 is 0 Å². The maximum Gasteiger partial charge on any atom is 0.248 e. The molecule has 1 aromatic carbocycles. The molecule has 0 aliphatic rings. The number of hydrogen-bond acceptors (Lipinski definition) is 7. The summed E-state index contributed by atoms with van der Waals surface area (Å²) >= 11 is 0. The Labute approximate surface area is 138 Å². The van der Waals surface area contributed by atoms with Crippen molar-refractivity contribution in [1.29, 1.82) is 0 Å². The van der Waals surface area contributed by atoms with Gasteiger partial charge in [-0.05, 0) is 18.2 Å². The van der Waals surface area contributed by atoms with Crippen LogP contribution in [-0.4, -0.2) is 48.4 Å². The van der Waals surface area contributed by atoms with E-state index in [-0.39, 0.29) is 18.3 Å². The molecular formula is C15H17FN6O2. The molecule has 24 heavy (non-hydrogen) atoms. The quantitative estimate of drug-likeness (QED) is 0.586. The average molecular weight is 332 g/mol. The third-order valence-corrected chi connectivity index (χ3v) is 3.09. The monoisotopic (exact) mass is 332 g/mol. The number of hydrogen-bond donors (Lipinski definition) is 2. The van der Waals surface area contributed by atoms with Crippen LogP contribution in [0.1, 0.15) is 0 Å². The van der Waals surface area contributed by atoms with Crippen LogP contribution in [0.4, 0.5) is 10.2 Å². The number of nitrogens with zero attached hydrogens (tertiary/aromatic N) is 4. The zero-order chi connectivity index (χ0) is 17.5. The van der Waals surface area contributed by atoms with Crippen molar-refractivity contribution in [1.82, 2.24) is 20.5 Å². The van der Waals surface area contributed by atoms with Crippen LogP contribution in [-0.2, 0) is 4.79 Å². The highest BCUT2D eigenvalue weighted by atomic mass is 19.1. The molecule has 2 rings (SSSR count). The maximum atomic E-state index is 13.5. The van der Waals surface area contributed by atoms with E-state index < -0.39 is 5.82 Å². The zero-order valence-corrected chi connectivity index (χ0v) is 13.3. The number of rotatable bonds is 7. The predicted molar refractivity (Wildman–Crippen MR) is 87.9 cm³/mol. The van der Waals surface area contributed by atoms with Gasteiger partial charge in [-0.15, -0.1) is 0 Å². The molecule has 126 valence electrons. The number of benzene rings is 1. The number of methoxy groups -OCH3 is 1. The van der Waals surface area contributed by atoms with E-state index in [1.807, 2.05) is 0 Å². The fourth-order valence-electron chi connectivity index (χ4n) is 1.97. The zero-order valence-electron chi connectivity index (χ0n) is 13.3. The Morgan fingerprint density at radius 1 is 1.42 bits per heavy atom. The lowest BCUT2D eigenvalue weighted by molar-refractivity contribution is -0.117. The van der Waals surface area contributed by atoms with Gasteiger partial charge < -0.3 is 10.1 Å². The van der Waals surface area contributed by atoms with Gasteiger partial charge in [0.25, 0.3) is 0 Å². The van der Waals surface area contributed by atoms with Gasteiger partial charge in [-0.1, -0.05) is 0 Å². The minimum atomic E-state index is -0.420. The summed E-state index contributed by atoms with van der Waals surface area (Å²) in [4.78, 5) is 20.0. The standard InChI is InChI=1S/C15H17FN6O2/c1-17-22(18-2)8-15(23)21-14-7-12(19-9-20-14)11-6-10(16)4-5-13(11)24-3/h4-7,9,18H,1,8H2,2-3H3,(H,19,20,21,23). The van der Waals surface area contributed by atoms with Gasteiger partial charge in [-0.3, -0.25) is 4.79 Å². The first kappa shape index (κ1) is 17.3. The van der Waals surface area contributed by atoms with E-state index in [0.29, 0.717) is 17.0 Å². The van der Waals surface area contributed by atoms with Crippen LogP contribution in [0, 0.1) is 5.82 Å². The van der Waals surface area contributed by atoms with Gasteiger partial charge in [-0.25, -0.2) is 24.9 Å². The summed E-state index contributed by atoms with van der Waals surface area (Å²) in [5, 5.41) is 7.47. The van der Waals surface area contributed by atoms with Crippen molar-refractivity contribution in [3.8, 4) is 17.0 Å². The Kier molecular flexibility index (Phi) is 5.74. The third-order valence-electron chi connectivity index (χ3n) is 3.09. The molecule has 9 heteroatoms. The number of hydrazone groups is 1. The number of carbonyl (C=O) groups excluding carboxylic acids is 1. The Balaban J connectivity index is 2.22. The van der Waals surface area contributed by atoms with Crippen molar-refractivity contribution in [3.05, 3.63) is 36.4 Å². The molecule has 0 fully saturated rings. The number of aromatic nitrogens is 2. The summed E-state index contributed by atoms with van der Waals surface area (Å²) in [6.07, 6.45) is 1.27. The minimum absolute atomic E-state index is 0.0530. The van der Waals surface area contributed by atoms with E-state index in [0.717, 1.165) is 0 Å². The van der Waals surface area contributed by atoms with Gasteiger partial charge in [-0.2, -0.15) is 5.10 Å². The first-order chi connectivity index (χ1) is 11.6. The Morgan fingerprint density at radius 3 is 2.88 bits per heavy atom. The number of nitrogens with one attached hydrogen (secondary N) is 2. The van der Waals surface area contributed by atoms with Crippen molar-refractivity contribution in [2.45, 2.75) is 0 Å². The second-order valence-electron chi connectivity index (χ2n) is 4.60. The number of halogens is 1. The van der Waals surface area contributed by atoms with E-state index in [1.165, 1.54) is 42.8 Å². The summed E-state index contributed by atoms with van der Waals surface area (Å²) < 4.78 is 18.7. The molecular weight excluding hydrogens is 315 g/mol. The summed E-state index contributed by atoms with van der Waals surface area (Å²) in [6.45, 7) is 3.28. The van der Waals surface area contributed by atoms with Crippen molar-refractivity contribution >= 4 is 18.4 Å². The normalized spacial score (nSPS) is 10.1. The molecule has 0 radical (unpaired) electrons. The number of carbonyl (C=O) groups is 1. The van der Waals surface area contributed by atoms with Crippen molar-refractivity contribution < 1.29 is 13.9 Å². The van der Waals surface area contributed by atoms with Crippen molar-refractivity contribution in [3.63, 3.8) is 0 Å². The van der Waals surface area contributed by atoms with Crippen molar-refractivity contribution in [2.24, 2.45) is 5.10 Å². The van der Waals surface area contributed by atoms with Crippen molar-refractivity contribution in [2.75, 3.05) is 26.0 Å². The lowest BCUT2D eigenvalue weighted by atomic mass is 10.1. The average Bonchev–Trinajstić information content (AvgIpc) is 2.59. The highest BCUT2D eigenvalue weighted by Gasteiger charge is 2.12. The fourth-order valence-corrected chi connectivity index (χ4v) is 1.97. The van der Waals surface area contributed by atoms with Gasteiger partial charge in [0.1, 0.15) is 30.3 Å². The molecule has 0 atom stereocenters. The second kappa shape index (κ2) is 7.97. The summed E-state index contributed by atoms with van der Waals surface area (Å²) in [5.41, 5.74) is 3.56. The molecule has 0 unspecified atom stereocenters. The molecule has 0 spiro atoms. The third kappa shape index (κ3) is 4.23. The first-order valence-corrected chi connectivity index (χ1v) is 6.94. The molecule has 2 aromatic rings. The van der Waals surface area contributed by atoms with E-state index >= 15 is 0 Å². The van der Waals surface area contributed by atoms with Gasteiger partial charge in [0.15, 0.2) is 0 Å². The Bertz CT molecular complexity index is 740. The molecule has 0 saturated carbocycles. The molecule has 0 saturated heterocycles. The summed E-state index contributed by atoms with van der Waals surface area (Å²) in [7, 11) is 3.09. The van der Waals surface area contributed by atoms with Crippen LogP contribution in [0.5, 0.6) is 5.75 Å². The molecule has 0 aliphatic carbocycles. The summed E-state index contributed by atoms with van der Waals surface area (Å²) in [6, 6.07) is 5.63. The molecule has 0 bridgehead atoms. The maximum absolute atomic E-state index is 13.5. The predicted octanol–water partition coefficient (Wildman–Crippen LogP) is 1.28. The largest absolute Gasteiger partial charge is 0.496 e. The van der Waals surface area contributed by atoms with Crippen LogP contribution in [0.15, 0.2) is 35.7 Å². The SMILES string of the molecule is C=NN(CC(=O)Nc1cc(-c2cc(F)ccc2OC)ncn1)NC. The number of anilines is 1. The number of amides is 1. The van der Waals surface area contributed by atoms with Gasteiger partial charge in [0.2, 0.25) is 5.91 Å². The molecule has 1 amide bonds. The molecule has 2 N–H and O–H groups in total. The van der Waals surface area contributed by atoms with E-state index in [1.54, 1.807) is 7.05 Å². The number of hydrazine groups is 1. The second-order valence-corrected chi connectivity index (χ2v) is 4.60. The Hall–Kier alpha value is -3.07. The molecule has 8 nitrogen and oxygen atoms in total. The van der Waals surface area contributed by atoms with Crippen LogP contribution < -0.4 is 15.5 Å². The molecule has 0 aliphatic heterocycles. The van der Waals surface area contributed by atoms with Crippen LogP contribution in [0.3, 0.4) is 0 Å². The van der Waals surface area contributed by atoms with E-state index in [2.05, 4.69) is 32.5 Å². The lowest BCUT2D eigenvalue weighted by Gasteiger charge is -2.15.